The van der Waals surface area contributed by atoms with E-state index in [9.17, 15) is 0 Å². The fraction of sp³-hybridized carbons (Fsp3) is 0.550. The molecule has 1 fully saturated rings. The average Bonchev–Trinajstić information content (AvgIpc) is 3.32. The molecule has 7 nitrogen and oxygen atoms in total. The van der Waals surface area contributed by atoms with Gasteiger partial charge in [-0.2, -0.15) is 5.10 Å². The SMILES string of the molecule is CN=C(NCc1ncnn1C)NCC1(NC(C)c2ccccc2)CCCC1.I. The number of nitrogens with one attached hydrogen (secondary N) is 3. The molecular formula is C20H32IN7. The number of nitrogens with zero attached hydrogens (tertiary/aromatic N) is 4. The molecule has 0 saturated heterocycles. The van der Waals surface area contributed by atoms with Gasteiger partial charge in [-0.05, 0) is 25.3 Å². The maximum absolute atomic E-state index is 4.36. The van der Waals surface area contributed by atoms with Crippen LogP contribution in [0.1, 0.15) is 50.0 Å². The van der Waals surface area contributed by atoms with Crippen molar-refractivity contribution in [3.63, 3.8) is 0 Å². The Morgan fingerprint density at radius 3 is 2.54 bits per heavy atom. The number of aryl methyl sites for hydroxylation is 1. The largest absolute Gasteiger partial charge is 0.355 e. The molecule has 0 radical (unpaired) electrons. The van der Waals surface area contributed by atoms with Crippen LogP contribution in [0.3, 0.4) is 0 Å². The van der Waals surface area contributed by atoms with Crippen LogP contribution in [0.2, 0.25) is 0 Å². The maximum Gasteiger partial charge on any atom is 0.191 e. The summed E-state index contributed by atoms with van der Waals surface area (Å²) in [5.41, 5.74) is 1.42. The number of guanidine groups is 1. The summed E-state index contributed by atoms with van der Waals surface area (Å²) in [6.45, 7) is 3.69. The topological polar surface area (TPSA) is 79.2 Å². The molecule has 154 valence electrons. The lowest BCUT2D eigenvalue weighted by molar-refractivity contribution is 0.297. The lowest BCUT2D eigenvalue weighted by atomic mass is 9.94. The molecule has 1 aliphatic carbocycles. The summed E-state index contributed by atoms with van der Waals surface area (Å²) in [4.78, 5) is 8.60. The Balaban J connectivity index is 0.00000280. The Morgan fingerprint density at radius 1 is 1.21 bits per heavy atom. The monoisotopic (exact) mass is 497 g/mol. The van der Waals surface area contributed by atoms with Crippen LogP contribution in [0.15, 0.2) is 41.7 Å². The van der Waals surface area contributed by atoms with Crippen molar-refractivity contribution in [3.8, 4) is 0 Å². The predicted molar refractivity (Wildman–Crippen MR) is 124 cm³/mol. The second-order valence-electron chi connectivity index (χ2n) is 7.34. The molecule has 2 aromatic rings. The third-order valence-corrected chi connectivity index (χ3v) is 5.42. The van der Waals surface area contributed by atoms with Crippen molar-refractivity contribution in [1.82, 2.24) is 30.7 Å². The number of halogens is 1. The van der Waals surface area contributed by atoms with Crippen molar-refractivity contribution in [2.45, 2.75) is 50.7 Å². The molecule has 1 aromatic carbocycles. The highest BCUT2D eigenvalue weighted by Gasteiger charge is 2.35. The molecular weight excluding hydrogens is 465 g/mol. The first kappa shape index (κ1) is 22.6. The molecule has 1 aliphatic rings. The zero-order valence-corrected chi connectivity index (χ0v) is 19.3. The van der Waals surface area contributed by atoms with Gasteiger partial charge >= 0.3 is 0 Å². The van der Waals surface area contributed by atoms with Crippen molar-refractivity contribution < 1.29 is 0 Å². The van der Waals surface area contributed by atoms with E-state index >= 15 is 0 Å². The average molecular weight is 497 g/mol. The second-order valence-corrected chi connectivity index (χ2v) is 7.34. The van der Waals surface area contributed by atoms with E-state index in [1.165, 1.54) is 31.2 Å². The van der Waals surface area contributed by atoms with Gasteiger partial charge < -0.3 is 16.0 Å². The van der Waals surface area contributed by atoms with Crippen LogP contribution in [0.25, 0.3) is 0 Å². The van der Waals surface area contributed by atoms with Crippen molar-refractivity contribution in [2.24, 2.45) is 12.0 Å². The highest BCUT2D eigenvalue weighted by molar-refractivity contribution is 14.0. The van der Waals surface area contributed by atoms with Gasteiger partial charge in [-0.1, -0.05) is 43.2 Å². The summed E-state index contributed by atoms with van der Waals surface area (Å²) in [7, 11) is 3.69. The van der Waals surface area contributed by atoms with Crippen LogP contribution in [0, 0.1) is 0 Å². The molecule has 1 saturated carbocycles. The molecule has 8 heteroatoms. The summed E-state index contributed by atoms with van der Waals surface area (Å²) >= 11 is 0. The smallest absolute Gasteiger partial charge is 0.191 e. The molecule has 1 heterocycles. The van der Waals surface area contributed by atoms with E-state index in [0.717, 1.165) is 18.3 Å². The number of hydrogen-bond acceptors (Lipinski definition) is 4. The standard InChI is InChI=1S/C20H31N7.HI/c1-16(17-9-5-4-6-10-17)26-20(11-7-8-12-20)14-23-19(21-2)22-13-18-24-15-25-27(18)3;/h4-6,9-10,15-16,26H,7-8,11-14H2,1-3H3,(H2,21,22,23);1H. The van der Waals surface area contributed by atoms with Gasteiger partial charge in [0.1, 0.15) is 12.2 Å². The Bertz CT molecular complexity index is 738. The minimum absolute atomic E-state index is 0. The number of benzene rings is 1. The summed E-state index contributed by atoms with van der Waals surface area (Å²) < 4.78 is 1.77. The van der Waals surface area contributed by atoms with E-state index in [-0.39, 0.29) is 29.5 Å². The molecule has 3 rings (SSSR count). The van der Waals surface area contributed by atoms with Gasteiger partial charge in [0, 0.05) is 32.2 Å². The van der Waals surface area contributed by atoms with Crippen molar-refractivity contribution >= 4 is 29.9 Å². The summed E-state index contributed by atoms with van der Waals surface area (Å²) in [5.74, 6) is 1.67. The van der Waals surface area contributed by atoms with Gasteiger partial charge in [-0.25, -0.2) is 4.98 Å². The molecule has 1 unspecified atom stereocenters. The first-order valence-electron chi connectivity index (χ1n) is 9.72. The van der Waals surface area contributed by atoms with E-state index in [1.807, 2.05) is 7.05 Å². The molecule has 0 bridgehead atoms. The van der Waals surface area contributed by atoms with Crippen molar-refractivity contribution in [2.75, 3.05) is 13.6 Å². The van der Waals surface area contributed by atoms with Gasteiger partial charge in [0.15, 0.2) is 5.96 Å². The van der Waals surface area contributed by atoms with Crippen molar-refractivity contribution in [1.29, 1.82) is 0 Å². The number of aromatic nitrogens is 3. The van der Waals surface area contributed by atoms with Crippen LogP contribution in [0.4, 0.5) is 0 Å². The molecule has 28 heavy (non-hydrogen) atoms. The summed E-state index contributed by atoms with van der Waals surface area (Å²) in [6, 6.07) is 11.0. The van der Waals surface area contributed by atoms with Crippen LogP contribution < -0.4 is 16.0 Å². The number of aliphatic imine (C=N–C) groups is 1. The Labute approximate surface area is 184 Å². The third-order valence-electron chi connectivity index (χ3n) is 5.42. The molecule has 3 N–H and O–H groups in total. The molecule has 1 atom stereocenters. The highest BCUT2D eigenvalue weighted by atomic mass is 127. The van der Waals surface area contributed by atoms with Gasteiger partial charge in [-0.15, -0.1) is 24.0 Å². The van der Waals surface area contributed by atoms with E-state index in [0.29, 0.717) is 12.6 Å². The maximum atomic E-state index is 4.36. The summed E-state index contributed by atoms with van der Waals surface area (Å²) in [5, 5.41) is 14.8. The quantitative estimate of drug-likeness (QED) is 0.312. The molecule has 1 aromatic heterocycles. The van der Waals surface area contributed by atoms with Crippen LogP contribution in [0.5, 0.6) is 0 Å². The van der Waals surface area contributed by atoms with E-state index in [1.54, 1.807) is 18.1 Å². The molecule has 0 amide bonds. The lowest BCUT2D eigenvalue weighted by Crippen LogP contribution is -2.54. The van der Waals surface area contributed by atoms with Crippen LogP contribution in [-0.2, 0) is 13.6 Å². The minimum atomic E-state index is 0. The number of hydrogen-bond donors (Lipinski definition) is 3. The van der Waals surface area contributed by atoms with Crippen LogP contribution >= 0.6 is 24.0 Å². The Hall–Kier alpha value is -1.68. The normalized spacial score (nSPS) is 17.0. The first-order chi connectivity index (χ1) is 13.1. The number of rotatable bonds is 7. The second kappa shape index (κ2) is 10.8. The predicted octanol–water partition coefficient (Wildman–Crippen LogP) is 2.76. The van der Waals surface area contributed by atoms with Crippen LogP contribution in [-0.4, -0.2) is 39.9 Å². The molecule has 0 spiro atoms. The molecule has 0 aliphatic heterocycles. The zero-order valence-electron chi connectivity index (χ0n) is 17.0. The van der Waals surface area contributed by atoms with Gasteiger partial charge in [-0.3, -0.25) is 9.67 Å². The Kier molecular flexibility index (Phi) is 8.68. The Morgan fingerprint density at radius 2 is 1.93 bits per heavy atom. The minimum Gasteiger partial charge on any atom is -0.355 e. The lowest BCUT2D eigenvalue weighted by Gasteiger charge is -2.35. The third kappa shape index (κ3) is 5.91. The van der Waals surface area contributed by atoms with Gasteiger partial charge in [0.25, 0.3) is 0 Å². The van der Waals surface area contributed by atoms with E-state index in [4.69, 9.17) is 0 Å². The van der Waals surface area contributed by atoms with Gasteiger partial charge in [0.05, 0.1) is 6.54 Å². The van der Waals surface area contributed by atoms with E-state index < -0.39 is 0 Å². The zero-order chi connectivity index (χ0) is 19.1. The summed E-state index contributed by atoms with van der Waals surface area (Å²) in [6.07, 6.45) is 6.45. The first-order valence-corrected chi connectivity index (χ1v) is 9.72. The highest BCUT2D eigenvalue weighted by Crippen LogP contribution is 2.31. The fourth-order valence-electron chi connectivity index (χ4n) is 3.82. The van der Waals surface area contributed by atoms with Gasteiger partial charge in [0.2, 0.25) is 0 Å². The van der Waals surface area contributed by atoms with Crippen molar-refractivity contribution in [3.05, 3.63) is 48.0 Å². The fourth-order valence-corrected chi connectivity index (χ4v) is 3.82. The van der Waals surface area contributed by atoms with E-state index in [2.05, 4.69) is 68.3 Å².